The summed E-state index contributed by atoms with van der Waals surface area (Å²) in [5.74, 6) is -0.338. The number of amides is 1. The minimum atomic E-state index is -0.338. The number of nitriles is 1. The van der Waals surface area contributed by atoms with E-state index in [1.807, 2.05) is 13.0 Å². The van der Waals surface area contributed by atoms with Gasteiger partial charge in [-0.2, -0.15) is 5.26 Å². The average Bonchev–Trinajstić information content (AvgIpc) is 2.42. The molecule has 0 aliphatic rings. The van der Waals surface area contributed by atoms with E-state index >= 15 is 0 Å². The molecule has 0 fully saturated rings. The molecule has 0 saturated heterocycles. The summed E-state index contributed by atoms with van der Waals surface area (Å²) in [4.78, 5) is 12.1. The van der Waals surface area contributed by atoms with Gasteiger partial charge in [0.1, 0.15) is 6.07 Å². The van der Waals surface area contributed by atoms with Crippen LogP contribution in [0, 0.1) is 18.3 Å². The van der Waals surface area contributed by atoms with E-state index in [-0.39, 0.29) is 5.91 Å². The van der Waals surface area contributed by atoms with Crippen molar-refractivity contribution in [1.82, 2.24) is 0 Å². The summed E-state index contributed by atoms with van der Waals surface area (Å²) in [6.07, 6.45) is 0. The molecule has 0 unspecified atom stereocenters. The third-order valence-corrected chi connectivity index (χ3v) is 3.13. The molecule has 0 aliphatic heterocycles. The van der Waals surface area contributed by atoms with Gasteiger partial charge >= 0.3 is 0 Å². The summed E-state index contributed by atoms with van der Waals surface area (Å²) in [6.45, 7) is 1.86. The minimum absolute atomic E-state index is 0.338. The Morgan fingerprint density at radius 1 is 1.30 bits per heavy atom. The fourth-order valence-corrected chi connectivity index (χ4v) is 1.87. The van der Waals surface area contributed by atoms with E-state index < -0.39 is 0 Å². The summed E-state index contributed by atoms with van der Waals surface area (Å²) in [5, 5.41) is 12.1. The SMILES string of the molecule is Cc1ccc(C(=O)Nc2cc(Cl)ccc2C#N)cc1N. The van der Waals surface area contributed by atoms with Gasteiger partial charge in [0.2, 0.25) is 0 Å². The van der Waals surface area contributed by atoms with Gasteiger partial charge < -0.3 is 11.1 Å². The van der Waals surface area contributed by atoms with Crippen molar-refractivity contribution in [2.24, 2.45) is 0 Å². The number of nitrogens with two attached hydrogens (primary N) is 1. The number of rotatable bonds is 2. The maximum Gasteiger partial charge on any atom is 0.255 e. The normalized spacial score (nSPS) is 9.85. The predicted octanol–water partition coefficient (Wildman–Crippen LogP) is 3.35. The summed E-state index contributed by atoms with van der Waals surface area (Å²) in [5.41, 5.74) is 8.39. The van der Waals surface area contributed by atoms with Crippen LogP contribution < -0.4 is 11.1 Å². The zero-order chi connectivity index (χ0) is 14.7. The highest BCUT2D eigenvalue weighted by Crippen LogP contribution is 2.21. The number of nitrogen functional groups attached to an aromatic ring is 1. The lowest BCUT2D eigenvalue weighted by Gasteiger charge is -2.09. The van der Waals surface area contributed by atoms with Crippen molar-refractivity contribution in [3.63, 3.8) is 0 Å². The van der Waals surface area contributed by atoms with E-state index in [0.717, 1.165) is 5.56 Å². The Hall–Kier alpha value is -2.51. The Balaban J connectivity index is 2.30. The van der Waals surface area contributed by atoms with E-state index in [2.05, 4.69) is 5.32 Å². The fraction of sp³-hybridized carbons (Fsp3) is 0.0667. The Bertz CT molecular complexity index is 720. The molecule has 0 radical (unpaired) electrons. The van der Waals surface area contributed by atoms with Crippen LogP contribution in [0.25, 0.3) is 0 Å². The molecule has 5 heteroatoms. The van der Waals surface area contributed by atoms with Gasteiger partial charge in [-0.15, -0.1) is 0 Å². The van der Waals surface area contributed by atoms with Crippen molar-refractivity contribution < 1.29 is 4.79 Å². The Morgan fingerprint density at radius 3 is 2.70 bits per heavy atom. The molecule has 20 heavy (non-hydrogen) atoms. The maximum atomic E-state index is 12.1. The van der Waals surface area contributed by atoms with Crippen LogP contribution in [0.4, 0.5) is 11.4 Å². The van der Waals surface area contributed by atoms with Gasteiger partial charge in [0, 0.05) is 16.3 Å². The molecular weight excluding hydrogens is 274 g/mol. The van der Waals surface area contributed by atoms with E-state index in [9.17, 15) is 4.79 Å². The van der Waals surface area contributed by atoms with Gasteiger partial charge in [-0.25, -0.2) is 0 Å². The van der Waals surface area contributed by atoms with Crippen molar-refractivity contribution in [3.8, 4) is 6.07 Å². The molecule has 2 aromatic carbocycles. The first kappa shape index (κ1) is 13.9. The van der Waals surface area contributed by atoms with Crippen molar-refractivity contribution in [2.45, 2.75) is 6.92 Å². The zero-order valence-electron chi connectivity index (χ0n) is 10.8. The van der Waals surface area contributed by atoms with Crippen LogP contribution in [0.15, 0.2) is 36.4 Å². The first-order valence-electron chi connectivity index (χ1n) is 5.88. The molecule has 0 saturated carbocycles. The molecule has 4 nitrogen and oxygen atoms in total. The second kappa shape index (κ2) is 5.64. The Morgan fingerprint density at radius 2 is 2.05 bits per heavy atom. The monoisotopic (exact) mass is 285 g/mol. The van der Waals surface area contributed by atoms with Gasteiger partial charge in [-0.3, -0.25) is 4.79 Å². The first-order chi connectivity index (χ1) is 9.51. The van der Waals surface area contributed by atoms with Crippen LogP contribution in [0.2, 0.25) is 5.02 Å². The number of nitrogens with one attached hydrogen (secondary N) is 1. The molecule has 2 rings (SSSR count). The lowest BCUT2D eigenvalue weighted by molar-refractivity contribution is 0.102. The van der Waals surface area contributed by atoms with Crippen LogP contribution in [0.3, 0.4) is 0 Å². The number of benzene rings is 2. The van der Waals surface area contributed by atoms with Gasteiger partial charge in [0.05, 0.1) is 11.3 Å². The van der Waals surface area contributed by atoms with Gasteiger partial charge in [0.15, 0.2) is 0 Å². The van der Waals surface area contributed by atoms with Crippen molar-refractivity contribution >= 4 is 28.9 Å². The highest BCUT2D eigenvalue weighted by Gasteiger charge is 2.10. The van der Waals surface area contributed by atoms with Gasteiger partial charge in [-0.1, -0.05) is 17.7 Å². The Kier molecular flexibility index (Phi) is 3.92. The number of hydrogen-bond donors (Lipinski definition) is 2. The van der Waals surface area contributed by atoms with Gasteiger partial charge in [0.25, 0.3) is 5.91 Å². The first-order valence-corrected chi connectivity index (χ1v) is 6.26. The van der Waals surface area contributed by atoms with Crippen LogP contribution in [-0.4, -0.2) is 5.91 Å². The van der Waals surface area contributed by atoms with Crippen LogP contribution in [0.1, 0.15) is 21.5 Å². The van der Waals surface area contributed by atoms with E-state index in [1.165, 1.54) is 6.07 Å². The van der Waals surface area contributed by atoms with Gasteiger partial charge in [-0.05, 0) is 42.8 Å². The summed E-state index contributed by atoms with van der Waals surface area (Å²) in [6, 6.07) is 11.7. The lowest BCUT2D eigenvalue weighted by atomic mass is 10.1. The van der Waals surface area contributed by atoms with Crippen LogP contribution in [-0.2, 0) is 0 Å². The van der Waals surface area contributed by atoms with Crippen molar-refractivity contribution in [1.29, 1.82) is 5.26 Å². The van der Waals surface area contributed by atoms with E-state index in [4.69, 9.17) is 22.6 Å². The molecule has 1 amide bonds. The molecule has 100 valence electrons. The number of aryl methyl sites for hydroxylation is 1. The maximum absolute atomic E-state index is 12.1. The lowest BCUT2D eigenvalue weighted by Crippen LogP contribution is -2.13. The highest BCUT2D eigenvalue weighted by molar-refractivity contribution is 6.31. The number of nitrogens with zero attached hydrogens (tertiary/aromatic N) is 1. The molecule has 0 aromatic heterocycles. The second-order valence-electron chi connectivity index (χ2n) is 4.33. The standard InChI is InChI=1S/C15H12ClN3O/c1-9-2-3-10(6-13(9)18)15(20)19-14-7-12(16)5-4-11(14)8-17/h2-7H,18H2,1H3,(H,19,20). The topological polar surface area (TPSA) is 78.9 Å². The third-order valence-electron chi connectivity index (χ3n) is 2.89. The molecule has 0 spiro atoms. The molecular formula is C15H12ClN3O. The molecule has 0 aliphatic carbocycles. The summed E-state index contributed by atoms with van der Waals surface area (Å²) in [7, 11) is 0. The largest absolute Gasteiger partial charge is 0.398 e. The number of carbonyl (C=O) groups excluding carboxylic acids is 1. The molecule has 0 atom stereocenters. The van der Waals surface area contributed by atoms with Crippen LogP contribution in [0.5, 0.6) is 0 Å². The quantitative estimate of drug-likeness (QED) is 0.831. The summed E-state index contributed by atoms with van der Waals surface area (Å²) < 4.78 is 0. The molecule has 0 heterocycles. The predicted molar refractivity (Wildman–Crippen MR) is 79.7 cm³/mol. The van der Waals surface area contributed by atoms with Crippen molar-refractivity contribution in [3.05, 3.63) is 58.1 Å². The zero-order valence-corrected chi connectivity index (χ0v) is 11.5. The second-order valence-corrected chi connectivity index (χ2v) is 4.76. The molecule has 3 N–H and O–H groups in total. The number of anilines is 2. The van der Waals surface area contributed by atoms with Crippen LogP contribution >= 0.6 is 11.6 Å². The minimum Gasteiger partial charge on any atom is -0.398 e. The number of carbonyl (C=O) groups is 1. The summed E-state index contributed by atoms with van der Waals surface area (Å²) >= 11 is 5.87. The number of hydrogen-bond acceptors (Lipinski definition) is 3. The molecule has 2 aromatic rings. The fourth-order valence-electron chi connectivity index (χ4n) is 1.69. The third kappa shape index (κ3) is 2.90. The van der Waals surface area contributed by atoms with Crippen molar-refractivity contribution in [2.75, 3.05) is 11.1 Å². The highest BCUT2D eigenvalue weighted by atomic mass is 35.5. The number of halogens is 1. The average molecular weight is 286 g/mol. The smallest absolute Gasteiger partial charge is 0.255 e. The molecule has 0 bridgehead atoms. The van der Waals surface area contributed by atoms with E-state index in [0.29, 0.717) is 27.5 Å². The Labute approximate surface area is 121 Å². The van der Waals surface area contributed by atoms with E-state index in [1.54, 1.807) is 30.3 Å².